The first-order valence-corrected chi connectivity index (χ1v) is 4.63. The Morgan fingerprint density at radius 2 is 2.20 bits per heavy atom. The van der Waals surface area contributed by atoms with Crippen LogP contribution in [-0.4, -0.2) is 34.6 Å². The summed E-state index contributed by atoms with van der Waals surface area (Å²) in [5.74, 6) is 3.10. The molecule has 0 aromatic rings. The topological polar surface area (TPSA) is 79.1 Å². The lowest BCUT2D eigenvalue weighted by atomic mass is 9.84. The van der Waals surface area contributed by atoms with Crippen molar-refractivity contribution in [1.29, 1.82) is 0 Å². The summed E-state index contributed by atoms with van der Waals surface area (Å²) in [7, 11) is 1.47. The zero-order chi connectivity index (χ0) is 11.3. The van der Waals surface area contributed by atoms with Crippen LogP contribution in [0.5, 0.6) is 0 Å². The fourth-order valence-corrected chi connectivity index (χ4v) is 1.47. The number of oxime groups is 1. The first-order chi connectivity index (χ1) is 7.06. The third-order valence-electron chi connectivity index (χ3n) is 2.28. The van der Waals surface area contributed by atoms with Crippen LogP contribution in [0.2, 0.25) is 0 Å². The van der Waals surface area contributed by atoms with Crippen molar-refractivity contribution < 1.29 is 22.7 Å². The molecule has 0 heterocycles. The van der Waals surface area contributed by atoms with Gasteiger partial charge >= 0.3 is 5.97 Å². The largest absolute Gasteiger partial charge is 0.472 e. The molecule has 0 saturated heterocycles. The Morgan fingerprint density at radius 1 is 1.60 bits per heavy atom. The van der Waals surface area contributed by atoms with E-state index in [4.69, 9.17) is 5.11 Å². The summed E-state index contributed by atoms with van der Waals surface area (Å²) in [5.41, 5.74) is -0.315. The van der Waals surface area contributed by atoms with Gasteiger partial charge in [0, 0.05) is 8.77 Å². The summed E-state index contributed by atoms with van der Waals surface area (Å²) in [6.07, 6.45) is 1.96. The highest BCUT2D eigenvalue weighted by Gasteiger charge is 2.30. The van der Waals surface area contributed by atoms with Crippen molar-refractivity contribution in [3.8, 4) is 11.8 Å². The molecule has 0 bridgehead atoms. The molecule has 5 heteroatoms. The molecule has 86 valence electrons. The fourth-order valence-electron chi connectivity index (χ4n) is 1.47. The lowest BCUT2D eigenvalue weighted by molar-refractivity contribution is -0.130. The highest BCUT2D eigenvalue weighted by Crippen LogP contribution is 2.26. The van der Waals surface area contributed by atoms with Crippen LogP contribution in [0.25, 0.3) is 0 Å². The summed E-state index contributed by atoms with van der Waals surface area (Å²) in [6, 6.07) is 0. The zero-order valence-corrected chi connectivity index (χ0v) is 8.49. The third-order valence-corrected chi connectivity index (χ3v) is 2.28. The Hall–Kier alpha value is -1.54. The lowest BCUT2D eigenvalue weighted by Crippen LogP contribution is -2.32. The highest BCUT2D eigenvalue weighted by atomic mass is 16.6. The minimum absolute atomic E-state index is 0. The van der Waals surface area contributed by atoms with E-state index in [1.165, 1.54) is 7.11 Å². The van der Waals surface area contributed by atoms with Gasteiger partial charge < -0.3 is 15.1 Å². The number of carboxylic acids is 1. The number of nitrogens with zero attached hydrogens (tertiary/aromatic N) is 1. The lowest BCUT2D eigenvalue weighted by Gasteiger charge is -2.27. The maximum absolute atomic E-state index is 10.2. The van der Waals surface area contributed by atoms with E-state index in [0.717, 1.165) is 5.71 Å². The summed E-state index contributed by atoms with van der Waals surface area (Å²) in [5, 5.41) is 22.0. The second-order valence-corrected chi connectivity index (χ2v) is 3.43. The van der Waals surface area contributed by atoms with E-state index in [0.29, 0.717) is 25.7 Å². The molecular weight excluding hydrogens is 198 g/mol. The Balaban J connectivity index is 0. The average Bonchev–Trinajstić information content (AvgIpc) is 2.20. The highest BCUT2D eigenvalue weighted by molar-refractivity contribution is 5.87. The van der Waals surface area contributed by atoms with E-state index >= 15 is 0 Å². The van der Waals surface area contributed by atoms with Gasteiger partial charge in [-0.2, -0.15) is 0 Å². The first-order valence-electron chi connectivity index (χ1n) is 4.63. The van der Waals surface area contributed by atoms with Gasteiger partial charge in [-0.1, -0.05) is 11.1 Å². The molecule has 1 aliphatic carbocycles. The van der Waals surface area contributed by atoms with Crippen LogP contribution in [-0.2, 0) is 9.63 Å². The number of aliphatic carboxylic acids is 1. The first kappa shape index (κ1) is 11.5. The second kappa shape index (κ2) is 4.80. The van der Waals surface area contributed by atoms with Crippen molar-refractivity contribution >= 4 is 11.7 Å². The molecule has 1 fully saturated rings. The van der Waals surface area contributed by atoms with Crippen molar-refractivity contribution in [2.75, 3.05) is 7.11 Å². The fraction of sp³-hybridized carbons (Fsp3) is 0.600. The predicted octanol–water partition coefficient (Wildman–Crippen LogP) is 0.874. The van der Waals surface area contributed by atoms with Gasteiger partial charge in [0.2, 0.25) is 0 Å². The molecule has 1 aliphatic rings. The molecular formula is C10H17NO4. The molecule has 2 N–H and O–H groups in total. The maximum atomic E-state index is 10.2. The number of carbonyl (C=O) groups is 1. The molecule has 0 aliphatic heterocycles. The molecule has 15 heavy (non-hydrogen) atoms. The Labute approximate surface area is 90.7 Å². The normalized spacial score (nSPS) is 25.1. The van der Waals surface area contributed by atoms with E-state index in [2.05, 4.69) is 15.9 Å². The molecule has 0 aromatic carbocycles. The SMILES string of the molecule is CON=C1CCC(O)(C#CC(=O)O)CC1.[HH].[HH]. The van der Waals surface area contributed by atoms with Gasteiger partial charge in [-0.3, -0.25) is 0 Å². The maximum Gasteiger partial charge on any atom is 0.382 e. The summed E-state index contributed by atoms with van der Waals surface area (Å²) < 4.78 is 0. The van der Waals surface area contributed by atoms with E-state index in [1.54, 1.807) is 0 Å². The third kappa shape index (κ3) is 3.60. The molecule has 0 atom stereocenters. The number of rotatable bonds is 1. The van der Waals surface area contributed by atoms with Crippen LogP contribution in [0.15, 0.2) is 5.16 Å². The van der Waals surface area contributed by atoms with Crippen LogP contribution in [0, 0.1) is 11.8 Å². The van der Waals surface area contributed by atoms with E-state index in [9.17, 15) is 9.90 Å². The molecule has 0 radical (unpaired) electrons. The van der Waals surface area contributed by atoms with Crippen LogP contribution in [0.3, 0.4) is 0 Å². The molecule has 0 unspecified atom stereocenters. The van der Waals surface area contributed by atoms with Crippen molar-refractivity contribution in [2.24, 2.45) is 5.16 Å². The Kier molecular flexibility index (Phi) is 3.69. The van der Waals surface area contributed by atoms with Gasteiger partial charge in [-0.15, -0.1) is 0 Å². The van der Waals surface area contributed by atoms with Crippen LogP contribution < -0.4 is 0 Å². The predicted molar refractivity (Wildman–Crippen MR) is 57.5 cm³/mol. The van der Waals surface area contributed by atoms with Gasteiger partial charge in [-0.05, 0) is 25.7 Å². The van der Waals surface area contributed by atoms with Crippen LogP contribution in [0.4, 0.5) is 0 Å². The summed E-state index contributed by atoms with van der Waals surface area (Å²) in [4.78, 5) is 14.8. The van der Waals surface area contributed by atoms with Gasteiger partial charge in [-0.25, -0.2) is 4.79 Å². The number of carboxylic acid groups (broad SMARTS) is 1. The minimum atomic E-state index is -1.22. The number of hydrogen-bond acceptors (Lipinski definition) is 4. The van der Waals surface area contributed by atoms with E-state index < -0.39 is 11.6 Å². The summed E-state index contributed by atoms with van der Waals surface area (Å²) >= 11 is 0. The monoisotopic (exact) mass is 215 g/mol. The van der Waals surface area contributed by atoms with E-state index in [1.807, 2.05) is 5.92 Å². The molecule has 1 saturated carbocycles. The average molecular weight is 215 g/mol. The minimum Gasteiger partial charge on any atom is -0.472 e. The summed E-state index contributed by atoms with van der Waals surface area (Å²) in [6.45, 7) is 0. The number of hydrogen-bond donors (Lipinski definition) is 2. The van der Waals surface area contributed by atoms with Crippen LogP contribution >= 0.6 is 0 Å². The molecule has 1 rings (SSSR count). The zero-order valence-electron chi connectivity index (χ0n) is 8.49. The molecule has 0 spiro atoms. The van der Waals surface area contributed by atoms with Gasteiger partial charge in [0.1, 0.15) is 12.7 Å². The Bertz CT molecular complexity index is 336. The molecule has 0 aromatic heterocycles. The molecule has 5 nitrogen and oxygen atoms in total. The van der Waals surface area contributed by atoms with Crippen molar-refractivity contribution in [3.05, 3.63) is 0 Å². The smallest absolute Gasteiger partial charge is 0.382 e. The van der Waals surface area contributed by atoms with Crippen molar-refractivity contribution in [2.45, 2.75) is 31.3 Å². The van der Waals surface area contributed by atoms with Gasteiger partial charge in [0.15, 0.2) is 0 Å². The van der Waals surface area contributed by atoms with Crippen LogP contribution in [0.1, 0.15) is 28.5 Å². The van der Waals surface area contributed by atoms with Gasteiger partial charge in [0.25, 0.3) is 0 Å². The van der Waals surface area contributed by atoms with Crippen molar-refractivity contribution in [1.82, 2.24) is 0 Å². The van der Waals surface area contributed by atoms with Crippen molar-refractivity contribution in [3.63, 3.8) is 0 Å². The molecule has 0 amide bonds. The number of aliphatic hydroxyl groups is 1. The Morgan fingerprint density at radius 3 is 2.67 bits per heavy atom. The van der Waals surface area contributed by atoms with E-state index in [-0.39, 0.29) is 2.85 Å². The van der Waals surface area contributed by atoms with Gasteiger partial charge in [0.05, 0.1) is 5.71 Å². The second-order valence-electron chi connectivity index (χ2n) is 3.43. The quantitative estimate of drug-likeness (QED) is 0.502. The standard InChI is InChI=1S/C10H13NO4.2H2/c1-15-11-8-2-5-10(14,6-3-8)7-4-9(12)13;;/h14H,2-3,5-6H2,1H3,(H,12,13);2*1H.